The first kappa shape index (κ1) is 21.2. The molecule has 0 spiro atoms. The number of hydrogen-bond acceptors (Lipinski definition) is 2. The van der Waals surface area contributed by atoms with Gasteiger partial charge in [0.05, 0.1) is 12.2 Å². The van der Waals surface area contributed by atoms with E-state index in [4.69, 9.17) is 4.99 Å². The van der Waals surface area contributed by atoms with E-state index in [1.807, 2.05) is 12.3 Å². The summed E-state index contributed by atoms with van der Waals surface area (Å²) in [6.07, 6.45) is 4.26. The summed E-state index contributed by atoms with van der Waals surface area (Å²) in [5.74, 6) is 0.855. The Hall–Kier alpha value is -1.15. The van der Waals surface area contributed by atoms with Gasteiger partial charge in [0.2, 0.25) is 0 Å². The van der Waals surface area contributed by atoms with Gasteiger partial charge in [0, 0.05) is 29.2 Å². The van der Waals surface area contributed by atoms with Crippen molar-refractivity contribution in [3.8, 4) is 0 Å². The first-order chi connectivity index (χ1) is 12.1. The number of rotatable bonds is 6. The highest BCUT2D eigenvalue weighted by Gasteiger charge is 2.44. The predicted octanol–water partition coefficient (Wildman–Crippen LogP) is 4.56. The van der Waals surface area contributed by atoms with Gasteiger partial charge in [-0.3, -0.25) is 4.98 Å². The Morgan fingerprint density at radius 1 is 1.23 bits per heavy atom. The Bertz CT molecular complexity index is 759. The Labute approximate surface area is 181 Å². The third-order valence-electron chi connectivity index (χ3n) is 4.73. The minimum Gasteiger partial charge on any atom is -0.357 e. The Morgan fingerprint density at radius 3 is 2.69 bits per heavy atom. The molecular formula is C20H26BrIN4. The topological polar surface area (TPSA) is 49.3 Å². The molecule has 2 aromatic rings. The molecule has 0 unspecified atom stereocenters. The van der Waals surface area contributed by atoms with Crippen LogP contribution in [0.15, 0.2) is 52.1 Å². The van der Waals surface area contributed by atoms with Crippen molar-refractivity contribution in [2.75, 3.05) is 13.1 Å². The van der Waals surface area contributed by atoms with Crippen molar-refractivity contribution in [1.29, 1.82) is 0 Å². The van der Waals surface area contributed by atoms with Crippen LogP contribution in [0.3, 0.4) is 0 Å². The molecule has 4 nitrogen and oxygen atoms in total. The summed E-state index contributed by atoms with van der Waals surface area (Å²) in [5, 5.41) is 6.86. The van der Waals surface area contributed by atoms with Crippen molar-refractivity contribution in [3.05, 3.63) is 63.9 Å². The normalized spacial score (nSPS) is 15.1. The average Bonchev–Trinajstić information content (AvgIpc) is 3.40. The van der Waals surface area contributed by atoms with E-state index in [9.17, 15) is 0 Å². The summed E-state index contributed by atoms with van der Waals surface area (Å²) in [6, 6.07) is 12.7. The fourth-order valence-corrected chi connectivity index (χ4v) is 3.37. The summed E-state index contributed by atoms with van der Waals surface area (Å²) < 4.78 is 1.14. The second-order valence-electron chi connectivity index (χ2n) is 6.61. The van der Waals surface area contributed by atoms with E-state index in [1.165, 1.54) is 24.0 Å². The van der Waals surface area contributed by atoms with Crippen molar-refractivity contribution in [3.63, 3.8) is 0 Å². The number of pyridine rings is 1. The number of halogens is 2. The summed E-state index contributed by atoms with van der Waals surface area (Å²) in [6.45, 7) is 6.49. The number of aryl methyl sites for hydroxylation is 1. The molecule has 2 N–H and O–H groups in total. The Kier molecular flexibility index (Phi) is 7.88. The monoisotopic (exact) mass is 528 g/mol. The molecule has 3 rings (SSSR count). The summed E-state index contributed by atoms with van der Waals surface area (Å²) in [7, 11) is 0. The highest BCUT2D eigenvalue weighted by molar-refractivity contribution is 14.0. The van der Waals surface area contributed by atoms with Gasteiger partial charge in [0.1, 0.15) is 0 Å². The predicted molar refractivity (Wildman–Crippen MR) is 122 cm³/mol. The minimum absolute atomic E-state index is 0. The van der Waals surface area contributed by atoms with Gasteiger partial charge < -0.3 is 10.6 Å². The molecule has 1 heterocycles. The highest BCUT2D eigenvalue weighted by Crippen LogP contribution is 2.48. The SMILES string of the molecule is CCNC(=NCc1ncccc1C)NCC1(c2cccc(Br)c2)CC1.I. The molecule has 0 atom stereocenters. The molecule has 140 valence electrons. The summed E-state index contributed by atoms with van der Waals surface area (Å²) in [5.41, 5.74) is 3.83. The first-order valence-electron chi connectivity index (χ1n) is 8.82. The van der Waals surface area contributed by atoms with Crippen molar-refractivity contribution >= 4 is 45.9 Å². The molecule has 26 heavy (non-hydrogen) atoms. The van der Waals surface area contributed by atoms with Gasteiger partial charge >= 0.3 is 0 Å². The van der Waals surface area contributed by atoms with Gasteiger partial charge in [-0.05, 0) is 56.0 Å². The van der Waals surface area contributed by atoms with Crippen LogP contribution in [0.5, 0.6) is 0 Å². The van der Waals surface area contributed by atoms with Gasteiger partial charge in [0.25, 0.3) is 0 Å². The van der Waals surface area contributed by atoms with Crippen LogP contribution >= 0.6 is 39.9 Å². The second kappa shape index (κ2) is 9.69. The lowest BCUT2D eigenvalue weighted by atomic mass is 9.96. The van der Waals surface area contributed by atoms with Gasteiger partial charge in [0.15, 0.2) is 5.96 Å². The molecule has 6 heteroatoms. The number of aromatic nitrogens is 1. The molecule has 0 aliphatic heterocycles. The minimum atomic E-state index is 0. The molecule has 0 saturated heterocycles. The van der Waals surface area contributed by atoms with Crippen LogP contribution in [-0.4, -0.2) is 24.0 Å². The maximum atomic E-state index is 4.71. The van der Waals surface area contributed by atoms with Crippen LogP contribution in [0.4, 0.5) is 0 Å². The van der Waals surface area contributed by atoms with Gasteiger partial charge in [-0.25, -0.2) is 4.99 Å². The quantitative estimate of drug-likeness (QED) is 0.328. The molecule has 1 saturated carbocycles. The van der Waals surface area contributed by atoms with E-state index >= 15 is 0 Å². The highest BCUT2D eigenvalue weighted by atomic mass is 127. The molecule has 1 aromatic carbocycles. The smallest absolute Gasteiger partial charge is 0.191 e. The van der Waals surface area contributed by atoms with E-state index in [0.29, 0.717) is 6.54 Å². The van der Waals surface area contributed by atoms with Crippen LogP contribution in [0, 0.1) is 6.92 Å². The Morgan fingerprint density at radius 2 is 2.04 bits per heavy atom. The van der Waals surface area contributed by atoms with Crippen LogP contribution < -0.4 is 10.6 Å². The van der Waals surface area contributed by atoms with E-state index in [2.05, 4.69) is 75.7 Å². The lowest BCUT2D eigenvalue weighted by molar-refractivity contribution is 0.645. The third-order valence-corrected chi connectivity index (χ3v) is 5.23. The summed E-state index contributed by atoms with van der Waals surface area (Å²) in [4.78, 5) is 9.13. The number of nitrogens with one attached hydrogen (secondary N) is 2. The maximum absolute atomic E-state index is 4.71. The lowest BCUT2D eigenvalue weighted by Gasteiger charge is -2.19. The van der Waals surface area contributed by atoms with Gasteiger partial charge in [-0.15, -0.1) is 24.0 Å². The van der Waals surface area contributed by atoms with Crippen LogP contribution in [0.25, 0.3) is 0 Å². The molecule has 1 aliphatic rings. The number of hydrogen-bond donors (Lipinski definition) is 2. The average molecular weight is 529 g/mol. The lowest BCUT2D eigenvalue weighted by Crippen LogP contribution is -2.41. The molecule has 1 aromatic heterocycles. The number of benzene rings is 1. The molecule has 1 fully saturated rings. The van der Waals surface area contributed by atoms with Gasteiger partial charge in [-0.2, -0.15) is 0 Å². The van der Waals surface area contributed by atoms with E-state index in [1.54, 1.807) is 0 Å². The Balaban J connectivity index is 0.00000243. The largest absolute Gasteiger partial charge is 0.357 e. The molecule has 1 aliphatic carbocycles. The standard InChI is InChI=1S/C20H25BrN4.HI/c1-3-22-19(24-13-18-15(2)6-5-11-23-18)25-14-20(9-10-20)16-7-4-8-17(21)12-16;/h4-8,11-12H,3,9-10,13-14H2,1-2H3,(H2,22,24,25);1H. The molecule has 0 bridgehead atoms. The molecule has 0 amide bonds. The number of aliphatic imine (C=N–C) groups is 1. The zero-order valence-electron chi connectivity index (χ0n) is 15.3. The van der Waals surface area contributed by atoms with Crippen molar-refractivity contribution in [2.24, 2.45) is 4.99 Å². The van der Waals surface area contributed by atoms with E-state index < -0.39 is 0 Å². The summed E-state index contributed by atoms with van der Waals surface area (Å²) >= 11 is 3.58. The molecular weight excluding hydrogens is 503 g/mol. The fraction of sp³-hybridized carbons (Fsp3) is 0.400. The zero-order chi connectivity index (χ0) is 17.7. The second-order valence-corrected chi connectivity index (χ2v) is 7.52. The van der Waals surface area contributed by atoms with Crippen molar-refractivity contribution in [2.45, 2.75) is 38.6 Å². The number of nitrogens with zero attached hydrogens (tertiary/aromatic N) is 2. The van der Waals surface area contributed by atoms with Crippen molar-refractivity contribution in [1.82, 2.24) is 15.6 Å². The van der Waals surface area contributed by atoms with Crippen LogP contribution in [0.2, 0.25) is 0 Å². The van der Waals surface area contributed by atoms with E-state index in [0.717, 1.165) is 29.2 Å². The third kappa shape index (κ3) is 5.42. The van der Waals surface area contributed by atoms with Crippen LogP contribution in [-0.2, 0) is 12.0 Å². The maximum Gasteiger partial charge on any atom is 0.191 e. The number of guanidine groups is 1. The zero-order valence-corrected chi connectivity index (χ0v) is 19.2. The molecule has 0 radical (unpaired) electrons. The van der Waals surface area contributed by atoms with Crippen LogP contribution in [0.1, 0.15) is 36.6 Å². The fourth-order valence-electron chi connectivity index (χ4n) is 2.97. The van der Waals surface area contributed by atoms with E-state index in [-0.39, 0.29) is 29.4 Å². The van der Waals surface area contributed by atoms with Gasteiger partial charge in [-0.1, -0.05) is 34.1 Å². The van der Waals surface area contributed by atoms with Crippen molar-refractivity contribution < 1.29 is 0 Å². The first-order valence-corrected chi connectivity index (χ1v) is 9.61.